The second-order valence-electron chi connectivity index (χ2n) is 4.41. The molecule has 1 aromatic rings. The van der Waals surface area contributed by atoms with E-state index < -0.39 is 0 Å². The Labute approximate surface area is 80.5 Å². The quantitative estimate of drug-likeness (QED) is 0.578. The van der Waals surface area contributed by atoms with Crippen LogP contribution in [-0.4, -0.2) is 6.72 Å². The first-order chi connectivity index (χ1) is 5.95. The van der Waals surface area contributed by atoms with Gasteiger partial charge in [0.1, 0.15) is 0 Å². The SMILES string of the molecule is C=Nc1ccc(C(C)(C)C)c(C)c1. The van der Waals surface area contributed by atoms with Gasteiger partial charge in [0.25, 0.3) is 0 Å². The third kappa shape index (κ3) is 2.18. The van der Waals surface area contributed by atoms with Crippen molar-refractivity contribution < 1.29 is 0 Å². The number of rotatable bonds is 1. The molecule has 0 aliphatic heterocycles. The van der Waals surface area contributed by atoms with Gasteiger partial charge in [-0.25, -0.2) is 0 Å². The zero-order valence-corrected chi connectivity index (χ0v) is 8.89. The van der Waals surface area contributed by atoms with Gasteiger partial charge in [0.15, 0.2) is 0 Å². The summed E-state index contributed by atoms with van der Waals surface area (Å²) in [5.41, 5.74) is 3.83. The first-order valence-corrected chi connectivity index (χ1v) is 4.53. The molecule has 1 nitrogen and oxygen atoms in total. The number of aryl methyl sites for hydroxylation is 1. The summed E-state index contributed by atoms with van der Waals surface area (Å²) in [6.45, 7) is 12.3. The van der Waals surface area contributed by atoms with E-state index in [1.54, 1.807) is 0 Å². The lowest BCUT2D eigenvalue weighted by atomic mass is 9.84. The fourth-order valence-electron chi connectivity index (χ4n) is 1.59. The summed E-state index contributed by atoms with van der Waals surface area (Å²) in [5, 5.41) is 0. The maximum absolute atomic E-state index is 3.90. The highest BCUT2D eigenvalue weighted by molar-refractivity contribution is 5.50. The number of nitrogens with zero attached hydrogens (tertiary/aromatic N) is 1. The van der Waals surface area contributed by atoms with Crippen molar-refractivity contribution in [3.63, 3.8) is 0 Å². The van der Waals surface area contributed by atoms with Crippen LogP contribution in [0.3, 0.4) is 0 Å². The van der Waals surface area contributed by atoms with Crippen molar-refractivity contribution in [2.24, 2.45) is 4.99 Å². The van der Waals surface area contributed by atoms with Gasteiger partial charge in [0.05, 0.1) is 5.69 Å². The lowest BCUT2D eigenvalue weighted by Gasteiger charge is -2.21. The maximum atomic E-state index is 3.90. The van der Waals surface area contributed by atoms with Gasteiger partial charge in [-0.2, -0.15) is 0 Å². The van der Waals surface area contributed by atoms with Crippen LogP contribution in [0.2, 0.25) is 0 Å². The summed E-state index contributed by atoms with van der Waals surface area (Å²) >= 11 is 0. The van der Waals surface area contributed by atoms with Crippen molar-refractivity contribution in [3.8, 4) is 0 Å². The molecule has 0 radical (unpaired) electrons. The average Bonchev–Trinajstić information content (AvgIpc) is 2.01. The molecule has 1 rings (SSSR count). The van der Waals surface area contributed by atoms with Gasteiger partial charge >= 0.3 is 0 Å². The fourth-order valence-corrected chi connectivity index (χ4v) is 1.59. The minimum absolute atomic E-state index is 0.212. The molecule has 0 saturated heterocycles. The lowest BCUT2D eigenvalue weighted by Crippen LogP contribution is -2.12. The van der Waals surface area contributed by atoms with E-state index in [0.717, 1.165) is 5.69 Å². The van der Waals surface area contributed by atoms with Gasteiger partial charge in [0.2, 0.25) is 0 Å². The minimum Gasteiger partial charge on any atom is -0.265 e. The van der Waals surface area contributed by atoms with E-state index in [9.17, 15) is 0 Å². The molecule has 0 amide bonds. The predicted octanol–water partition coefficient (Wildman–Crippen LogP) is 3.62. The molecule has 1 heteroatoms. The van der Waals surface area contributed by atoms with Crippen LogP contribution in [0.1, 0.15) is 31.9 Å². The molecule has 0 aliphatic carbocycles. The standard InChI is InChI=1S/C12H17N/c1-9-8-10(13-5)6-7-11(9)12(2,3)4/h6-8H,5H2,1-4H3. The van der Waals surface area contributed by atoms with Gasteiger partial charge in [-0.1, -0.05) is 26.8 Å². The molecule has 0 heterocycles. The van der Waals surface area contributed by atoms with E-state index in [0.29, 0.717) is 0 Å². The molecule has 0 aromatic heterocycles. The number of hydrogen-bond acceptors (Lipinski definition) is 1. The second kappa shape index (κ2) is 3.33. The van der Waals surface area contributed by atoms with Crippen LogP contribution in [0.25, 0.3) is 0 Å². The molecular formula is C12H17N. The molecule has 13 heavy (non-hydrogen) atoms. The van der Waals surface area contributed by atoms with E-state index in [-0.39, 0.29) is 5.41 Å². The van der Waals surface area contributed by atoms with Crippen LogP contribution in [-0.2, 0) is 5.41 Å². The Morgan fingerprint density at radius 1 is 1.23 bits per heavy atom. The molecule has 0 saturated carbocycles. The molecular weight excluding hydrogens is 158 g/mol. The highest BCUT2D eigenvalue weighted by atomic mass is 14.7. The molecule has 70 valence electrons. The Kier molecular flexibility index (Phi) is 2.55. The molecule has 0 bridgehead atoms. The Balaban J connectivity index is 3.20. The molecule has 0 fully saturated rings. The molecule has 0 atom stereocenters. The largest absolute Gasteiger partial charge is 0.265 e. The van der Waals surface area contributed by atoms with Gasteiger partial charge in [0, 0.05) is 0 Å². The van der Waals surface area contributed by atoms with Gasteiger partial charge in [-0.3, -0.25) is 4.99 Å². The van der Waals surface area contributed by atoms with E-state index in [2.05, 4.69) is 51.5 Å². The Morgan fingerprint density at radius 2 is 1.85 bits per heavy atom. The Morgan fingerprint density at radius 3 is 2.23 bits per heavy atom. The second-order valence-corrected chi connectivity index (χ2v) is 4.41. The predicted molar refractivity (Wildman–Crippen MR) is 59.1 cm³/mol. The van der Waals surface area contributed by atoms with Crippen molar-refractivity contribution in [1.29, 1.82) is 0 Å². The van der Waals surface area contributed by atoms with Crippen LogP contribution in [0, 0.1) is 6.92 Å². The summed E-state index contributed by atoms with van der Waals surface area (Å²) in [4.78, 5) is 3.90. The number of aliphatic imine (C=N–C) groups is 1. The third-order valence-electron chi connectivity index (χ3n) is 2.20. The van der Waals surface area contributed by atoms with Crippen molar-refractivity contribution in [2.75, 3.05) is 0 Å². The van der Waals surface area contributed by atoms with Crippen molar-refractivity contribution in [2.45, 2.75) is 33.1 Å². The topological polar surface area (TPSA) is 12.4 Å². The van der Waals surface area contributed by atoms with Gasteiger partial charge in [-0.05, 0) is 42.3 Å². The van der Waals surface area contributed by atoms with Crippen LogP contribution in [0.4, 0.5) is 5.69 Å². The molecule has 0 N–H and O–H groups in total. The normalized spacial score (nSPS) is 11.4. The first-order valence-electron chi connectivity index (χ1n) is 4.53. The van der Waals surface area contributed by atoms with E-state index >= 15 is 0 Å². The van der Waals surface area contributed by atoms with E-state index in [1.807, 2.05) is 6.07 Å². The highest BCUT2D eigenvalue weighted by Gasteiger charge is 2.15. The summed E-state index contributed by atoms with van der Waals surface area (Å²) < 4.78 is 0. The zero-order chi connectivity index (χ0) is 10.1. The van der Waals surface area contributed by atoms with Gasteiger partial charge in [-0.15, -0.1) is 0 Å². The summed E-state index contributed by atoms with van der Waals surface area (Å²) in [6, 6.07) is 6.23. The van der Waals surface area contributed by atoms with Crippen molar-refractivity contribution in [3.05, 3.63) is 29.3 Å². The Hall–Kier alpha value is -1.11. The lowest BCUT2D eigenvalue weighted by molar-refractivity contribution is 0.586. The van der Waals surface area contributed by atoms with E-state index in [4.69, 9.17) is 0 Å². The fraction of sp³-hybridized carbons (Fsp3) is 0.417. The maximum Gasteiger partial charge on any atom is 0.0625 e. The van der Waals surface area contributed by atoms with Crippen molar-refractivity contribution >= 4 is 12.4 Å². The number of hydrogen-bond donors (Lipinski definition) is 0. The summed E-state index contributed by atoms with van der Waals surface area (Å²) in [7, 11) is 0. The van der Waals surface area contributed by atoms with Crippen molar-refractivity contribution in [1.82, 2.24) is 0 Å². The molecule has 0 aliphatic rings. The zero-order valence-electron chi connectivity index (χ0n) is 8.89. The van der Waals surface area contributed by atoms with Crippen LogP contribution in [0.5, 0.6) is 0 Å². The molecule has 0 unspecified atom stereocenters. The number of benzene rings is 1. The highest BCUT2D eigenvalue weighted by Crippen LogP contribution is 2.27. The summed E-state index contributed by atoms with van der Waals surface area (Å²) in [6.07, 6.45) is 0. The smallest absolute Gasteiger partial charge is 0.0625 e. The first kappa shape index (κ1) is 9.97. The molecule has 1 aromatic carbocycles. The van der Waals surface area contributed by atoms with E-state index in [1.165, 1.54) is 11.1 Å². The van der Waals surface area contributed by atoms with Gasteiger partial charge < -0.3 is 0 Å². The average molecular weight is 175 g/mol. The van der Waals surface area contributed by atoms with Crippen LogP contribution < -0.4 is 0 Å². The summed E-state index contributed by atoms with van der Waals surface area (Å²) in [5.74, 6) is 0. The van der Waals surface area contributed by atoms with Crippen LogP contribution in [0.15, 0.2) is 23.2 Å². The third-order valence-corrected chi connectivity index (χ3v) is 2.20. The van der Waals surface area contributed by atoms with Crippen LogP contribution >= 0.6 is 0 Å². The molecule has 0 spiro atoms. The monoisotopic (exact) mass is 175 g/mol. The minimum atomic E-state index is 0.212. The Bertz CT molecular complexity index is 318.